The number of nitrogens with zero attached hydrogens (tertiary/aromatic N) is 2. The van der Waals surface area contributed by atoms with E-state index in [0.29, 0.717) is 42.8 Å². The van der Waals surface area contributed by atoms with Crippen LogP contribution in [0.3, 0.4) is 0 Å². The Labute approximate surface area is 273 Å². The van der Waals surface area contributed by atoms with E-state index in [1.54, 1.807) is 13.0 Å². The zero-order chi connectivity index (χ0) is 31.8. The van der Waals surface area contributed by atoms with Crippen molar-refractivity contribution < 1.29 is 22.7 Å². The molecule has 1 saturated heterocycles. The molecular weight excluding hydrogens is 610 g/mol. The summed E-state index contributed by atoms with van der Waals surface area (Å²) in [6.07, 6.45) is 9.96. The van der Waals surface area contributed by atoms with E-state index in [0.717, 1.165) is 74.6 Å². The fraction of sp³-hybridized carbons (Fsp3) is 0.571. The van der Waals surface area contributed by atoms with Gasteiger partial charge in [0.1, 0.15) is 18.0 Å². The number of nitrogens with one attached hydrogen (secondary N) is 1. The van der Waals surface area contributed by atoms with Gasteiger partial charge in [0.15, 0.2) is 0 Å². The van der Waals surface area contributed by atoms with E-state index in [1.807, 2.05) is 37.3 Å². The minimum atomic E-state index is -3.91. The van der Waals surface area contributed by atoms with Crippen LogP contribution in [-0.4, -0.2) is 69.9 Å². The van der Waals surface area contributed by atoms with Gasteiger partial charge in [0.25, 0.3) is 5.91 Å². The highest BCUT2D eigenvalue weighted by molar-refractivity contribution is 7.90. The largest absolute Gasteiger partial charge is 0.487 e. The topological polar surface area (TPSA) is 88.2 Å². The Kier molecular flexibility index (Phi) is 9.53. The second-order valence-electron chi connectivity index (χ2n) is 13.6. The molecule has 5 atom stereocenters. The third kappa shape index (κ3) is 6.92. The zero-order valence-electron chi connectivity index (χ0n) is 26.6. The standard InChI is InChI=1S/C35H46ClN3O5S/c1-24-7-6-15-35(23-38(3)17-18-44-35)31-13-10-28(31)21-39-16-5-4-8-26-19-30(36)12-9-29(26)22-43-33-14-11-27(20-32(33)39)34(40)37-45(41,42)25(24)2/h6,9,11-12,14-15,19-20,24-25,28,31H,4-5,7-8,10,13,16-18,21-23H2,1-3H3,(H,37,40)/b15-6+/t24-,25+,28-,31+,35+/m0/s1. The Bertz CT molecular complexity index is 1550. The number of benzene rings is 2. The van der Waals surface area contributed by atoms with Crippen LogP contribution < -0.4 is 14.4 Å². The lowest BCUT2D eigenvalue weighted by atomic mass is 9.63. The first-order valence-corrected chi connectivity index (χ1v) is 18.3. The number of hydrogen-bond donors (Lipinski definition) is 1. The summed E-state index contributed by atoms with van der Waals surface area (Å²) < 4.78 is 42.3. The maximum absolute atomic E-state index is 13.5. The molecule has 1 amide bonds. The Morgan fingerprint density at radius 3 is 2.67 bits per heavy atom. The van der Waals surface area contributed by atoms with Crippen molar-refractivity contribution in [1.29, 1.82) is 0 Å². The number of aryl methyl sites for hydroxylation is 1. The van der Waals surface area contributed by atoms with Gasteiger partial charge in [-0.3, -0.25) is 4.79 Å². The van der Waals surface area contributed by atoms with Crippen molar-refractivity contribution in [1.82, 2.24) is 9.62 Å². The highest BCUT2D eigenvalue weighted by Gasteiger charge is 2.49. The molecule has 2 aromatic rings. The molecule has 0 unspecified atom stereocenters. The van der Waals surface area contributed by atoms with Crippen LogP contribution >= 0.6 is 11.6 Å². The van der Waals surface area contributed by atoms with Crippen LogP contribution in [0.1, 0.15) is 67.4 Å². The van der Waals surface area contributed by atoms with Crippen molar-refractivity contribution in [3.63, 3.8) is 0 Å². The fourth-order valence-corrected chi connectivity index (χ4v) is 8.92. The number of likely N-dealkylation sites (N-methyl/N-ethyl adjacent to an activating group) is 1. The first kappa shape index (κ1) is 32.4. The molecule has 45 heavy (non-hydrogen) atoms. The number of rotatable bonds is 0. The first-order chi connectivity index (χ1) is 21.5. The molecule has 6 rings (SSSR count). The number of carbonyl (C=O) groups is 1. The number of ether oxygens (including phenoxy) is 2. The third-order valence-corrected chi connectivity index (χ3v) is 12.7. The van der Waals surface area contributed by atoms with Gasteiger partial charge in [-0.05, 0) is 112 Å². The van der Waals surface area contributed by atoms with Crippen LogP contribution in [0.4, 0.5) is 5.69 Å². The van der Waals surface area contributed by atoms with E-state index in [4.69, 9.17) is 21.1 Å². The maximum atomic E-state index is 13.5. The zero-order valence-corrected chi connectivity index (χ0v) is 28.2. The number of hydrogen-bond acceptors (Lipinski definition) is 7. The molecular formula is C35H46ClN3O5S. The number of amides is 1. The summed E-state index contributed by atoms with van der Waals surface area (Å²) in [5.74, 6) is 0.606. The fourth-order valence-electron chi connectivity index (χ4n) is 7.44. The van der Waals surface area contributed by atoms with Crippen molar-refractivity contribution in [2.24, 2.45) is 17.8 Å². The van der Waals surface area contributed by atoms with Gasteiger partial charge in [-0.25, -0.2) is 13.1 Å². The smallest absolute Gasteiger partial charge is 0.264 e. The minimum absolute atomic E-state index is 0.191. The van der Waals surface area contributed by atoms with E-state index >= 15 is 0 Å². The molecule has 0 aromatic heterocycles. The quantitative estimate of drug-likeness (QED) is 0.357. The van der Waals surface area contributed by atoms with Crippen LogP contribution in [-0.2, 0) is 27.8 Å². The molecule has 3 heterocycles. The van der Waals surface area contributed by atoms with Gasteiger partial charge >= 0.3 is 0 Å². The number of allylic oxidation sites excluding steroid dienone is 1. The molecule has 1 spiro atoms. The number of morpholine rings is 1. The van der Waals surface area contributed by atoms with Gasteiger partial charge in [0, 0.05) is 36.8 Å². The van der Waals surface area contributed by atoms with Crippen LogP contribution in [0.25, 0.3) is 0 Å². The summed E-state index contributed by atoms with van der Waals surface area (Å²) in [7, 11) is -1.76. The van der Waals surface area contributed by atoms with E-state index in [-0.39, 0.29) is 5.92 Å². The monoisotopic (exact) mass is 655 g/mol. The average Bonchev–Trinajstić information content (AvgIpc) is 3.01. The van der Waals surface area contributed by atoms with Gasteiger partial charge in [-0.1, -0.05) is 36.7 Å². The number of sulfonamides is 1. The van der Waals surface area contributed by atoms with Crippen molar-refractivity contribution in [3.8, 4) is 5.75 Å². The second kappa shape index (κ2) is 13.3. The minimum Gasteiger partial charge on any atom is -0.487 e. The predicted octanol–water partition coefficient (Wildman–Crippen LogP) is 5.83. The second-order valence-corrected chi connectivity index (χ2v) is 16.0. The Balaban J connectivity index is 1.41. The average molecular weight is 656 g/mol. The van der Waals surface area contributed by atoms with E-state index in [1.165, 1.54) is 5.56 Å². The molecule has 4 aliphatic rings. The summed E-state index contributed by atoms with van der Waals surface area (Å²) in [6.45, 7) is 7.95. The van der Waals surface area contributed by atoms with Crippen molar-refractivity contribution >= 4 is 33.2 Å². The van der Waals surface area contributed by atoms with Crippen molar-refractivity contribution in [3.05, 3.63) is 70.3 Å². The SMILES string of the molecule is C[C@@H]1[C@@H](C)C/C=C/[C@@]2(CN(C)CCO2)[C@@H]2CC[C@H]2CN2CCCCc3cc(Cl)ccc3COc3ccc(cc32)C(=O)NS1(=O)=O. The maximum Gasteiger partial charge on any atom is 0.264 e. The van der Waals surface area contributed by atoms with E-state index in [9.17, 15) is 13.2 Å². The van der Waals surface area contributed by atoms with Crippen LogP contribution in [0.5, 0.6) is 5.75 Å². The summed E-state index contributed by atoms with van der Waals surface area (Å²) >= 11 is 6.36. The van der Waals surface area contributed by atoms with Gasteiger partial charge < -0.3 is 19.3 Å². The van der Waals surface area contributed by atoms with E-state index < -0.39 is 26.8 Å². The lowest BCUT2D eigenvalue weighted by Gasteiger charge is -2.53. The Hall–Kier alpha value is -2.59. The first-order valence-electron chi connectivity index (χ1n) is 16.4. The summed E-state index contributed by atoms with van der Waals surface area (Å²) in [4.78, 5) is 18.2. The predicted molar refractivity (Wildman–Crippen MR) is 179 cm³/mol. The van der Waals surface area contributed by atoms with Crippen LogP contribution in [0.2, 0.25) is 5.02 Å². The van der Waals surface area contributed by atoms with Gasteiger partial charge in [0.2, 0.25) is 10.0 Å². The number of fused-ring (bicyclic) bond motifs is 4. The molecule has 244 valence electrons. The number of carbonyl (C=O) groups excluding carboxylic acids is 1. The molecule has 2 bridgehead atoms. The molecule has 2 aromatic carbocycles. The van der Waals surface area contributed by atoms with E-state index in [2.05, 4.69) is 33.7 Å². The number of anilines is 1. The number of halogens is 1. The molecule has 1 aliphatic carbocycles. The molecule has 1 N–H and O–H groups in total. The molecule has 1 saturated carbocycles. The lowest BCUT2D eigenvalue weighted by molar-refractivity contribution is -0.139. The molecule has 10 heteroatoms. The third-order valence-electron chi connectivity index (χ3n) is 10.5. The van der Waals surface area contributed by atoms with Crippen LogP contribution in [0, 0.1) is 17.8 Å². The molecule has 0 radical (unpaired) electrons. The molecule has 3 aliphatic heterocycles. The van der Waals surface area contributed by atoms with Crippen molar-refractivity contribution in [2.45, 2.75) is 69.8 Å². The molecule has 8 nitrogen and oxygen atoms in total. The van der Waals surface area contributed by atoms with Gasteiger partial charge in [0.05, 0.1) is 17.5 Å². The summed E-state index contributed by atoms with van der Waals surface area (Å²) in [5.41, 5.74) is 3.00. The normalized spacial score (nSPS) is 31.7. The Morgan fingerprint density at radius 1 is 1.04 bits per heavy atom. The summed E-state index contributed by atoms with van der Waals surface area (Å²) in [5, 5.41) is -0.0337. The van der Waals surface area contributed by atoms with Crippen LogP contribution in [0.15, 0.2) is 48.6 Å². The van der Waals surface area contributed by atoms with Crippen molar-refractivity contribution in [2.75, 3.05) is 44.7 Å². The Morgan fingerprint density at radius 2 is 1.89 bits per heavy atom. The highest BCUT2D eigenvalue weighted by atomic mass is 35.5. The lowest BCUT2D eigenvalue weighted by Crippen LogP contribution is -2.59. The van der Waals surface area contributed by atoms with Gasteiger partial charge in [-0.15, -0.1) is 0 Å². The van der Waals surface area contributed by atoms with Gasteiger partial charge in [-0.2, -0.15) is 0 Å². The summed E-state index contributed by atoms with van der Waals surface area (Å²) in [6, 6.07) is 11.2. The highest BCUT2D eigenvalue weighted by Crippen LogP contribution is 2.47. The molecule has 2 fully saturated rings.